The van der Waals surface area contributed by atoms with Crippen molar-refractivity contribution in [2.75, 3.05) is 44.2 Å². The lowest BCUT2D eigenvalue weighted by molar-refractivity contribution is 0.270. The lowest BCUT2D eigenvalue weighted by Crippen LogP contribution is -2.46. The van der Waals surface area contributed by atoms with Crippen LogP contribution in [0.5, 0.6) is 0 Å². The standard InChI is InChI=1S/C17H26ClN5.C9H11N/c1-3-8-19-13-14-17(18)23-15(20-14)6-5-7-16(23)22-11-9-21(4-2)10-12-22;1-2-6-9-8(4-1)5-3-7-10-9/h5-7,19H,3-4,8-13H2,1-2H3;3,5,7H,1-2,4,6H2. The van der Waals surface area contributed by atoms with Crippen LogP contribution in [0.25, 0.3) is 5.65 Å². The third kappa shape index (κ3) is 5.86. The average Bonchev–Trinajstić information content (AvgIpc) is 3.20. The summed E-state index contributed by atoms with van der Waals surface area (Å²) in [5.41, 5.74) is 4.65. The molecule has 1 fully saturated rings. The fourth-order valence-corrected chi connectivity index (χ4v) is 4.94. The van der Waals surface area contributed by atoms with Crippen molar-refractivity contribution in [3.05, 3.63) is 58.6 Å². The van der Waals surface area contributed by atoms with Gasteiger partial charge in [-0.3, -0.25) is 9.38 Å². The number of halogens is 1. The molecule has 7 heteroatoms. The number of fused-ring (bicyclic) bond motifs is 2. The lowest BCUT2D eigenvalue weighted by atomic mass is 9.96. The van der Waals surface area contributed by atoms with E-state index >= 15 is 0 Å². The monoisotopic (exact) mass is 468 g/mol. The number of nitrogens with zero attached hydrogens (tertiary/aromatic N) is 5. The van der Waals surface area contributed by atoms with Crippen molar-refractivity contribution >= 4 is 23.1 Å². The first-order valence-electron chi connectivity index (χ1n) is 12.5. The van der Waals surface area contributed by atoms with E-state index < -0.39 is 0 Å². The summed E-state index contributed by atoms with van der Waals surface area (Å²) >= 11 is 6.64. The van der Waals surface area contributed by atoms with E-state index in [2.05, 4.69) is 56.5 Å². The molecule has 1 aliphatic heterocycles. The minimum absolute atomic E-state index is 0.720. The lowest BCUT2D eigenvalue weighted by Gasteiger charge is -2.35. The molecule has 178 valence electrons. The van der Waals surface area contributed by atoms with Crippen molar-refractivity contribution in [2.45, 2.75) is 52.5 Å². The summed E-state index contributed by atoms with van der Waals surface area (Å²) in [5.74, 6) is 1.15. The topological polar surface area (TPSA) is 48.7 Å². The Kier molecular flexibility index (Phi) is 8.59. The van der Waals surface area contributed by atoms with E-state index in [1.165, 1.54) is 36.9 Å². The van der Waals surface area contributed by atoms with Gasteiger partial charge >= 0.3 is 0 Å². The summed E-state index contributed by atoms with van der Waals surface area (Å²) in [6.07, 6.45) is 8.10. The SMILES string of the molecule is CCCNCc1nc2cccc(N3CCN(CC)CC3)n2c1Cl.c1cnc2c(c1)CCCC2. The van der Waals surface area contributed by atoms with Crippen molar-refractivity contribution in [3.8, 4) is 0 Å². The maximum atomic E-state index is 6.64. The number of pyridine rings is 2. The van der Waals surface area contributed by atoms with Crippen LogP contribution >= 0.6 is 11.6 Å². The van der Waals surface area contributed by atoms with Gasteiger partial charge in [-0.05, 0) is 69.0 Å². The van der Waals surface area contributed by atoms with Gasteiger partial charge in [0, 0.05) is 44.6 Å². The quantitative estimate of drug-likeness (QED) is 0.536. The predicted molar refractivity (Wildman–Crippen MR) is 137 cm³/mol. The molecule has 1 saturated heterocycles. The Morgan fingerprint density at radius 3 is 2.58 bits per heavy atom. The molecule has 1 N–H and O–H groups in total. The van der Waals surface area contributed by atoms with E-state index in [9.17, 15) is 0 Å². The van der Waals surface area contributed by atoms with Crippen LogP contribution in [0.4, 0.5) is 5.82 Å². The molecule has 0 atom stereocenters. The van der Waals surface area contributed by atoms with E-state index in [0.717, 1.165) is 74.5 Å². The highest BCUT2D eigenvalue weighted by Crippen LogP contribution is 2.26. The van der Waals surface area contributed by atoms with Crippen LogP contribution < -0.4 is 10.2 Å². The summed E-state index contributed by atoms with van der Waals surface area (Å²) in [6.45, 7) is 11.5. The Morgan fingerprint density at radius 2 is 1.82 bits per heavy atom. The third-order valence-electron chi connectivity index (χ3n) is 6.59. The Labute approximate surface area is 203 Å². The Bertz CT molecular complexity index is 1000. The van der Waals surface area contributed by atoms with Gasteiger partial charge in [-0.15, -0.1) is 0 Å². The van der Waals surface area contributed by atoms with E-state index in [0.29, 0.717) is 0 Å². The van der Waals surface area contributed by atoms with Gasteiger partial charge in [0.05, 0.1) is 5.69 Å². The van der Waals surface area contributed by atoms with Gasteiger partial charge in [0.2, 0.25) is 0 Å². The van der Waals surface area contributed by atoms with E-state index in [1.54, 1.807) is 0 Å². The molecule has 0 aromatic carbocycles. The number of hydrogen-bond donors (Lipinski definition) is 1. The van der Waals surface area contributed by atoms with Gasteiger partial charge in [-0.1, -0.05) is 37.6 Å². The Morgan fingerprint density at radius 1 is 1.00 bits per heavy atom. The Hall–Kier alpha value is -2.15. The fraction of sp³-hybridized carbons (Fsp3) is 0.538. The third-order valence-corrected chi connectivity index (χ3v) is 6.98. The van der Waals surface area contributed by atoms with Crippen LogP contribution in [0.15, 0.2) is 36.5 Å². The summed E-state index contributed by atoms with van der Waals surface area (Å²) in [4.78, 5) is 13.9. The van der Waals surface area contributed by atoms with Crippen molar-refractivity contribution in [1.29, 1.82) is 0 Å². The molecule has 4 heterocycles. The van der Waals surface area contributed by atoms with Crippen LogP contribution in [-0.2, 0) is 19.4 Å². The van der Waals surface area contributed by atoms with Crippen LogP contribution in [0.1, 0.15) is 50.1 Å². The largest absolute Gasteiger partial charge is 0.355 e. The number of anilines is 1. The number of hydrogen-bond acceptors (Lipinski definition) is 5. The molecule has 33 heavy (non-hydrogen) atoms. The first kappa shape index (κ1) is 24.0. The van der Waals surface area contributed by atoms with Gasteiger partial charge in [0.1, 0.15) is 16.6 Å². The maximum absolute atomic E-state index is 6.64. The van der Waals surface area contributed by atoms with Gasteiger partial charge in [-0.25, -0.2) is 4.98 Å². The number of imidazole rings is 1. The fourth-order valence-electron chi connectivity index (χ4n) is 4.66. The number of nitrogens with one attached hydrogen (secondary N) is 1. The molecule has 0 amide bonds. The second-order valence-corrected chi connectivity index (χ2v) is 9.20. The van der Waals surface area contributed by atoms with Gasteiger partial charge in [0.15, 0.2) is 0 Å². The number of rotatable bonds is 6. The molecule has 2 aliphatic rings. The molecule has 5 rings (SSSR count). The van der Waals surface area contributed by atoms with E-state index in [-0.39, 0.29) is 0 Å². The molecule has 3 aromatic heterocycles. The van der Waals surface area contributed by atoms with E-state index in [4.69, 9.17) is 16.6 Å². The summed E-state index contributed by atoms with van der Waals surface area (Å²) < 4.78 is 2.09. The molecule has 0 unspecified atom stereocenters. The smallest absolute Gasteiger partial charge is 0.139 e. The molecule has 0 radical (unpaired) electrons. The zero-order chi connectivity index (χ0) is 23.0. The minimum atomic E-state index is 0.720. The summed E-state index contributed by atoms with van der Waals surface area (Å²) in [5, 5.41) is 4.12. The highest BCUT2D eigenvalue weighted by molar-refractivity contribution is 6.30. The van der Waals surface area contributed by atoms with Crippen molar-refractivity contribution in [1.82, 2.24) is 24.6 Å². The van der Waals surface area contributed by atoms with Gasteiger partial charge in [0.25, 0.3) is 0 Å². The van der Waals surface area contributed by atoms with Crippen LogP contribution in [0.2, 0.25) is 5.15 Å². The first-order chi connectivity index (χ1) is 16.2. The summed E-state index contributed by atoms with van der Waals surface area (Å²) in [7, 11) is 0. The van der Waals surface area contributed by atoms with Gasteiger partial charge in [-0.2, -0.15) is 0 Å². The maximum Gasteiger partial charge on any atom is 0.139 e. The molecule has 0 bridgehead atoms. The average molecular weight is 469 g/mol. The molecule has 0 spiro atoms. The zero-order valence-corrected chi connectivity index (χ0v) is 20.8. The molecular formula is C26H37ClN6. The second kappa shape index (κ2) is 11.8. The van der Waals surface area contributed by atoms with Crippen molar-refractivity contribution in [3.63, 3.8) is 0 Å². The molecule has 3 aromatic rings. The van der Waals surface area contributed by atoms with Crippen LogP contribution in [0.3, 0.4) is 0 Å². The summed E-state index contributed by atoms with van der Waals surface area (Å²) in [6, 6.07) is 10.5. The molecular weight excluding hydrogens is 432 g/mol. The van der Waals surface area contributed by atoms with Crippen molar-refractivity contribution in [2.24, 2.45) is 0 Å². The number of aromatic nitrogens is 3. The van der Waals surface area contributed by atoms with Crippen LogP contribution in [-0.4, -0.2) is 58.5 Å². The van der Waals surface area contributed by atoms with Gasteiger partial charge < -0.3 is 15.1 Å². The predicted octanol–water partition coefficient (Wildman–Crippen LogP) is 4.59. The highest BCUT2D eigenvalue weighted by atomic mass is 35.5. The van der Waals surface area contributed by atoms with Crippen molar-refractivity contribution < 1.29 is 0 Å². The van der Waals surface area contributed by atoms with E-state index in [1.807, 2.05) is 18.3 Å². The zero-order valence-electron chi connectivity index (χ0n) is 20.1. The number of piperazine rings is 1. The molecule has 6 nitrogen and oxygen atoms in total. The number of aryl methyl sites for hydroxylation is 2. The second-order valence-electron chi connectivity index (χ2n) is 8.84. The molecule has 1 aliphatic carbocycles. The highest BCUT2D eigenvalue weighted by Gasteiger charge is 2.20. The minimum Gasteiger partial charge on any atom is -0.355 e. The molecule has 0 saturated carbocycles. The normalized spacial score (nSPS) is 16.4. The number of likely N-dealkylation sites (N-methyl/N-ethyl adjacent to an activating group) is 1. The van der Waals surface area contributed by atoms with Crippen LogP contribution in [0, 0.1) is 0 Å². The Balaban J connectivity index is 0.000000214. The first-order valence-corrected chi connectivity index (χ1v) is 12.9.